The lowest BCUT2D eigenvalue weighted by Gasteiger charge is -2.09. The van der Waals surface area contributed by atoms with Gasteiger partial charge in [0.05, 0.1) is 16.7 Å². The molecule has 2 aromatic rings. The zero-order valence-electron chi connectivity index (χ0n) is 10.4. The zero-order chi connectivity index (χ0) is 15.6. The fourth-order valence-corrected chi connectivity index (χ4v) is 2.68. The summed E-state index contributed by atoms with van der Waals surface area (Å²) >= 11 is 0. The summed E-state index contributed by atoms with van der Waals surface area (Å²) in [7, 11) is -4.15. The van der Waals surface area contributed by atoms with Gasteiger partial charge in [-0.25, -0.2) is 17.8 Å². The molecule has 0 aliphatic heterocycles. The molecule has 0 atom stereocenters. The third-order valence-corrected chi connectivity index (χ3v) is 3.91. The number of aromatic nitrogens is 1. The molecule has 0 amide bonds. The van der Waals surface area contributed by atoms with Crippen molar-refractivity contribution in [1.29, 1.82) is 0 Å². The fraction of sp³-hybridized carbons (Fsp3) is 0. The smallest absolute Gasteiger partial charge is 0.272 e. The maximum Gasteiger partial charge on any atom is 0.272 e. The first-order valence-corrected chi connectivity index (χ1v) is 6.97. The van der Waals surface area contributed by atoms with Crippen molar-refractivity contribution in [2.75, 3.05) is 10.5 Å². The molecule has 21 heavy (non-hydrogen) atoms. The first-order valence-electron chi connectivity index (χ1n) is 5.48. The van der Waals surface area contributed by atoms with Gasteiger partial charge in [0, 0.05) is 12.3 Å². The summed E-state index contributed by atoms with van der Waals surface area (Å²) in [4.78, 5) is 13.0. The van der Waals surface area contributed by atoms with Crippen molar-refractivity contribution in [3.8, 4) is 0 Å². The van der Waals surface area contributed by atoms with Crippen molar-refractivity contribution >= 4 is 27.2 Å². The van der Waals surface area contributed by atoms with Crippen LogP contribution in [0.1, 0.15) is 0 Å². The van der Waals surface area contributed by atoms with Crippen LogP contribution >= 0.6 is 0 Å². The van der Waals surface area contributed by atoms with Crippen LogP contribution in [-0.2, 0) is 10.0 Å². The summed E-state index contributed by atoms with van der Waals surface area (Å²) in [6.07, 6.45) is 1.31. The Morgan fingerprint density at radius 3 is 2.62 bits per heavy atom. The van der Waals surface area contributed by atoms with Gasteiger partial charge in [0.25, 0.3) is 15.7 Å². The van der Waals surface area contributed by atoms with Gasteiger partial charge in [-0.1, -0.05) is 0 Å². The Bertz CT molecular complexity index is 810. The third-order valence-electron chi connectivity index (χ3n) is 2.50. The Morgan fingerprint density at radius 1 is 1.33 bits per heavy atom. The summed E-state index contributed by atoms with van der Waals surface area (Å²) in [6.45, 7) is 0. The molecule has 0 radical (unpaired) electrons. The van der Waals surface area contributed by atoms with E-state index < -0.39 is 32.1 Å². The Kier molecular flexibility index (Phi) is 3.72. The highest BCUT2D eigenvalue weighted by Gasteiger charge is 2.20. The second-order valence-corrected chi connectivity index (χ2v) is 5.56. The summed E-state index contributed by atoms with van der Waals surface area (Å²) in [5.41, 5.74) is 4.53. The van der Waals surface area contributed by atoms with Gasteiger partial charge in [0.1, 0.15) is 10.7 Å². The minimum atomic E-state index is -4.15. The van der Waals surface area contributed by atoms with Crippen molar-refractivity contribution in [3.05, 3.63) is 52.5 Å². The van der Waals surface area contributed by atoms with Gasteiger partial charge in [0.2, 0.25) is 0 Å². The molecule has 0 unspecified atom stereocenters. The summed E-state index contributed by atoms with van der Waals surface area (Å²) in [6, 6.07) is 5.11. The van der Waals surface area contributed by atoms with E-state index in [-0.39, 0.29) is 10.7 Å². The number of nitrogens with one attached hydrogen (secondary N) is 1. The molecule has 8 nitrogen and oxygen atoms in total. The van der Waals surface area contributed by atoms with Gasteiger partial charge in [-0.3, -0.25) is 14.8 Å². The van der Waals surface area contributed by atoms with E-state index in [1.807, 2.05) is 4.72 Å². The Hall–Kier alpha value is -2.75. The number of benzene rings is 1. The highest BCUT2D eigenvalue weighted by Crippen LogP contribution is 2.24. The second-order valence-electron chi connectivity index (χ2n) is 3.91. The number of nitro groups is 1. The lowest BCUT2D eigenvalue weighted by atomic mass is 10.3. The number of non-ortho nitro benzene ring substituents is 1. The number of nitrogens with two attached hydrogens (primary N) is 1. The molecular formula is C11H9FN4O4S. The number of halogens is 1. The predicted molar refractivity (Wildman–Crippen MR) is 72.5 cm³/mol. The van der Waals surface area contributed by atoms with E-state index in [9.17, 15) is 22.9 Å². The van der Waals surface area contributed by atoms with Gasteiger partial charge in [0.15, 0.2) is 5.82 Å². The average Bonchev–Trinajstić information content (AvgIpc) is 2.41. The second kappa shape index (κ2) is 5.32. The molecule has 2 rings (SSSR count). The van der Waals surface area contributed by atoms with E-state index in [0.29, 0.717) is 6.07 Å². The van der Waals surface area contributed by atoms with E-state index in [1.54, 1.807) is 0 Å². The van der Waals surface area contributed by atoms with Crippen molar-refractivity contribution in [1.82, 2.24) is 4.98 Å². The van der Waals surface area contributed by atoms with E-state index in [4.69, 9.17) is 5.73 Å². The number of hydrogen-bond acceptors (Lipinski definition) is 6. The normalized spacial score (nSPS) is 11.1. The van der Waals surface area contributed by atoms with Crippen molar-refractivity contribution in [3.63, 3.8) is 0 Å². The highest BCUT2D eigenvalue weighted by molar-refractivity contribution is 7.92. The minimum absolute atomic E-state index is 0.243. The molecule has 0 fully saturated rings. The fourth-order valence-electron chi connectivity index (χ4n) is 1.53. The van der Waals surface area contributed by atoms with Crippen LogP contribution in [0.3, 0.4) is 0 Å². The molecule has 1 heterocycles. The van der Waals surface area contributed by atoms with Crippen LogP contribution in [0.15, 0.2) is 41.4 Å². The molecule has 0 bridgehead atoms. The van der Waals surface area contributed by atoms with Gasteiger partial charge in [-0.05, 0) is 18.2 Å². The first-order chi connectivity index (χ1) is 9.81. The van der Waals surface area contributed by atoms with Crippen molar-refractivity contribution in [2.24, 2.45) is 0 Å². The number of hydrogen-bond donors (Lipinski definition) is 2. The molecule has 0 aliphatic carbocycles. The standard InChI is InChI=1S/C11H9FN4O4S/c12-8-6-7(16(17)18)3-4-9(8)15-21(19,20)10-2-1-5-14-11(10)13/h1-6,15H,(H2,13,14). The predicted octanol–water partition coefficient (Wildman–Crippen LogP) is 1.51. The van der Waals surface area contributed by atoms with Crippen molar-refractivity contribution < 1.29 is 17.7 Å². The molecule has 0 spiro atoms. The Labute approximate surface area is 118 Å². The van der Waals surface area contributed by atoms with Crippen LogP contribution in [0.2, 0.25) is 0 Å². The SMILES string of the molecule is Nc1ncccc1S(=O)(=O)Nc1ccc([N+](=O)[O-])cc1F. The lowest BCUT2D eigenvalue weighted by Crippen LogP contribution is -2.16. The van der Waals surface area contributed by atoms with Crippen LogP contribution in [-0.4, -0.2) is 18.3 Å². The maximum absolute atomic E-state index is 13.7. The monoisotopic (exact) mass is 312 g/mol. The summed E-state index contributed by atoms with van der Waals surface area (Å²) < 4.78 is 39.8. The van der Waals surface area contributed by atoms with Crippen LogP contribution < -0.4 is 10.5 Å². The largest absolute Gasteiger partial charge is 0.383 e. The first kappa shape index (κ1) is 14.7. The Morgan fingerprint density at radius 2 is 2.05 bits per heavy atom. The average molecular weight is 312 g/mol. The maximum atomic E-state index is 13.7. The summed E-state index contributed by atoms with van der Waals surface area (Å²) in [5.74, 6) is -1.32. The molecule has 0 saturated heterocycles. The van der Waals surface area contributed by atoms with Crippen molar-refractivity contribution in [2.45, 2.75) is 4.90 Å². The number of nitro benzene ring substituents is 1. The lowest BCUT2D eigenvalue weighted by molar-refractivity contribution is -0.385. The number of sulfonamides is 1. The third kappa shape index (κ3) is 3.05. The Balaban J connectivity index is 2.38. The molecule has 3 N–H and O–H groups in total. The number of nitrogen functional groups attached to an aromatic ring is 1. The van der Waals surface area contributed by atoms with Crippen LogP contribution in [0.25, 0.3) is 0 Å². The number of rotatable bonds is 4. The van der Waals surface area contributed by atoms with E-state index in [0.717, 1.165) is 12.1 Å². The quantitative estimate of drug-likeness (QED) is 0.650. The van der Waals surface area contributed by atoms with Crippen LogP contribution in [0.5, 0.6) is 0 Å². The van der Waals surface area contributed by atoms with E-state index in [1.165, 1.54) is 18.3 Å². The van der Waals surface area contributed by atoms with E-state index in [2.05, 4.69) is 4.98 Å². The van der Waals surface area contributed by atoms with E-state index >= 15 is 0 Å². The molecule has 110 valence electrons. The van der Waals surface area contributed by atoms with Gasteiger partial charge < -0.3 is 5.73 Å². The van der Waals surface area contributed by atoms with Gasteiger partial charge in [-0.15, -0.1) is 0 Å². The van der Waals surface area contributed by atoms with Crippen LogP contribution in [0, 0.1) is 15.9 Å². The number of anilines is 2. The molecule has 0 saturated carbocycles. The van der Waals surface area contributed by atoms with Crippen LogP contribution in [0.4, 0.5) is 21.6 Å². The van der Waals surface area contributed by atoms with Gasteiger partial charge in [-0.2, -0.15) is 0 Å². The molecular weight excluding hydrogens is 303 g/mol. The molecule has 1 aromatic heterocycles. The molecule has 0 aliphatic rings. The van der Waals surface area contributed by atoms with Gasteiger partial charge >= 0.3 is 0 Å². The number of nitrogens with zero attached hydrogens (tertiary/aromatic N) is 2. The number of pyridine rings is 1. The topological polar surface area (TPSA) is 128 Å². The zero-order valence-corrected chi connectivity index (χ0v) is 11.2. The molecule has 10 heteroatoms. The summed E-state index contributed by atoms with van der Waals surface area (Å²) in [5, 5.41) is 10.5. The molecule has 1 aromatic carbocycles. The minimum Gasteiger partial charge on any atom is -0.383 e. The highest BCUT2D eigenvalue weighted by atomic mass is 32.2.